The van der Waals surface area contributed by atoms with Gasteiger partial charge >= 0.3 is 0 Å². The molecule has 0 radical (unpaired) electrons. The Kier molecular flexibility index (Phi) is 4.27. The molecule has 2 rings (SSSR count). The second kappa shape index (κ2) is 5.75. The second-order valence-electron chi connectivity index (χ2n) is 4.20. The lowest BCUT2D eigenvalue weighted by atomic mass is 9.99. The van der Waals surface area contributed by atoms with E-state index in [9.17, 15) is 13.2 Å². The predicted molar refractivity (Wildman–Crippen MR) is 71.1 cm³/mol. The molecule has 5 heteroatoms. The third kappa shape index (κ3) is 3.16. The van der Waals surface area contributed by atoms with Gasteiger partial charge in [0.2, 0.25) is 0 Å². The van der Waals surface area contributed by atoms with Gasteiger partial charge in [-0.15, -0.1) is 0 Å². The van der Waals surface area contributed by atoms with E-state index >= 15 is 0 Å². The van der Waals surface area contributed by atoms with Crippen molar-refractivity contribution in [3.05, 3.63) is 69.4 Å². The van der Waals surface area contributed by atoms with E-state index in [1.807, 2.05) is 24.3 Å². The third-order valence-corrected chi connectivity index (χ3v) is 3.36. The van der Waals surface area contributed by atoms with E-state index in [0.717, 1.165) is 16.1 Å². The molecule has 0 aromatic heterocycles. The fourth-order valence-corrected chi connectivity index (χ4v) is 2.08. The quantitative estimate of drug-likeness (QED) is 0.842. The molecule has 0 fully saturated rings. The smallest absolute Gasteiger partial charge is 0.194 e. The van der Waals surface area contributed by atoms with Gasteiger partial charge in [-0.25, -0.2) is 13.2 Å². The zero-order chi connectivity index (χ0) is 14.0. The maximum atomic E-state index is 13.6. The first-order valence-corrected chi connectivity index (χ1v) is 6.41. The van der Waals surface area contributed by atoms with Gasteiger partial charge in [-0.2, -0.15) is 0 Å². The zero-order valence-electron chi connectivity index (χ0n) is 9.84. The summed E-state index contributed by atoms with van der Waals surface area (Å²) in [5.41, 5.74) is 6.71. The molecule has 100 valence electrons. The number of hydrogen-bond donors (Lipinski definition) is 1. The highest BCUT2D eigenvalue weighted by atomic mass is 79.9. The zero-order valence-corrected chi connectivity index (χ0v) is 11.4. The highest BCUT2D eigenvalue weighted by Gasteiger charge is 2.18. The molecular weight excluding hydrogens is 319 g/mol. The van der Waals surface area contributed by atoms with Crippen LogP contribution in [-0.2, 0) is 6.42 Å². The van der Waals surface area contributed by atoms with E-state index in [1.54, 1.807) is 0 Å². The number of benzene rings is 2. The molecule has 2 N–H and O–H groups in total. The monoisotopic (exact) mass is 329 g/mol. The summed E-state index contributed by atoms with van der Waals surface area (Å²) in [5.74, 6) is -3.91. The summed E-state index contributed by atoms with van der Waals surface area (Å²) in [5, 5.41) is 0. The van der Waals surface area contributed by atoms with Crippen molar-refractivity contribution >= 4 is 15.9 Å². The summed E-state index contributed by atoms with van der Waals surface area (Å²) in [4.78, 5) is 0. The van der Waals surface area contributed by atoms with Crippen LogP contribution >= 0.6 is 15.9 Å². The molecule has 0 saturated heterocycles. The molecule has 1 nitrogen and oxygen atoms in total. The van der Waals surface area contributed by atoms with Gasteiger partial charge in [0.25, 0.3) is 0 Å². The Morgan fingerprint density at radius 3 is 2.21 bits per heavy atom. The fourth-order valence-electron chi connectivity index (χ4n) is 1.81. The summed E-state index contributed by atoms with van der Waals surface area (Å²) in [7, 11) is 0. The van der Waals surface area contributed by atoms with E-state index < -0.39 is 23.5 Å². The molecule has 2 aromatic rings. The first kappa shape index (κ1) is 14.1. The van der Waals surface area contributed by atoms with Gasteiger partial charge in [-0.05, 0) is 30.2 Å². The summed E-state index contributed by atoms with van der Waals surface area (Å²) >= 11 is 3.30. The lowest BCUT2D eigenvalue weighted by Gasteiger charge is -2.13. The van der Waals surface area contributed by atoms with Gasteiger partial charge in [0.15, 0.2) is 17.5 Å². The highest BCUT2D eigenvalue weighted by Crippen LogP contribution is 2.23. The van der Waals surface area contributed by atoms with Crippen LogP contribution in [-0.4, -0.2) is 0 Å². The van der Waals surface area contributed by atoms with Gasteiger partial charge in [0, 0.05) is 16.1 Å². The largest absolute Gasteiger partial charge is 0.324 e. The second-order valence-corrected chi connectivity index (χ2v) is 5.12. The molecule has 0 aliphatic rings. The molecule has 0 saturated carbocycles. The Bertz CT molecular complexity index is 584. The number of halogens is 4. The molecule has 0 spiro atoms. The van der Waals surface area contributed by atoms with Gasteiger partial charge in [0.05, 0.1) is 0 Å². The summed E-state index contributed by atoms with van der Waals surface area (Å²) < 4.78 is 40.5. The summed E-state index contributed by atoms with van der Waals surface area (Å²) in [6, 6.07) is 8.68. The van der Waals surface area contributed by atoms with Crippen LogP contribution < -0.4 is 5.73 Å². The SMILES string of the molecule is NC(Cc1ccc(Br)cc1)c1ccc(F)c(F)c1F. The number of rotatable bonds is 3. The van der Waals surface area contributed by atoms with Crippen molar-refractivity contribution in [2.45, 2.75) is 12.5 Å². The Labute approximate surface area is 117 Å². The van der Waals surface area contributed by atoms with E-state index in [4.69, 9.17) is 5.73 Å². The molecule has 2 aromatic carbocycles. The van der Waals surface area contributed by atoms with E-state index in [0.29, 0.717) is 6.42 Å². The minimum atomic E-state index is -1.48. The minimum Gasteiger partial charge on any atom is -0.324 e. The molecule has 1 atom stereocenters. The van der Waals surface area contributed by atoms with Crippen molar-refractivity contribution in [2.24, 2.45) is 5.73 Å². The molecule has 0 bridgehead atoms. The molecule has 0 amide bonds. The first-order valence-electron chi connectivity index (χ1n) is 5.62. The van der Waals surface area contributed by atoms with Crippen LogP contribution in [0.4, 0.5) is 13.2 Å². The molecular formula is C14H11BrF3N. The van der Waals surface area contributed by atoms with Crippen LogP contribution in [0.2, 0.25) is 0 Å². The lowest BCUT2D eigenvalue weighted by Crippen LogP contribution is -2.16. The van der Waals surface area contributed by atoms with Crippen molar-refractivity contribution in [2.75, 3.05) is 0 Å². The van der Waals surface area contributed by atoms with Gasteiger partial charge in [-0.1, -0.05) is 34.1 Å². The average Bonchev–Trinajstić information content (AvgIpc) is 2.39. The number of nitrogens with two attached hydrogens (primary N) is 1. The van der Waals surface area contributed by atoms with Gasteiger partial charge in [-0.3, -0.25) is 0 Å². The predicted octanol–water partition coefficient (Wildman–Crippen LogP) is 4.11. The fraction of sp³-hybridized carbons (Fsp3) is 0.143. The van der Waals surface area contributed by atoms with Crippen LogP contribution in [0.25, 0.3) is 0 Å². The van der Waals surface area contributed by atoms with Crippen LogP contribution in [0, 0.1) is 17.5 Å². The van der Waals surface area contributed by atoms with E-state index in [1.165, 1.54) is 6.07 Å². The highest BCUT2D eigenvalue weighted by molar-refractivity contribution is 9.10. The van der Waals surface area contributed by atoms with E-state index in [2.05, 4.69) is 15.9 Å². The Balaban J connectivity index is 2.23. The molecule has 1 unspecified atom stereocenters. The van der Waals surface area contributed by atoms with Crippen LogP contribution in [0.5, 0.6) is 0 Å². The molecule has 19 heavy (non-hydrogen) atoms. The Morgan fingerprint density at radius 2 is 1.58 bits per heavy atom. The number of hydrogen-bond acceptors (Lipinski definition) is 1. The van der Waals surface area contributed by atoms with Gasteiger partial charge < -0.3 is 5.73 Å². The van der Waals surface area contributed by atoms with Crippen LogP contribution in [0.1, 0.15) is 17.2 Å². The molecule has 0 aliphatic carbocycles. The van der Waals surface area contributed by atoms with Gasteiger partial charge in [0.1, 0.15) is 0 Å². The minimum absolute atomic E-state index is 0.0261. The summed E-state index contributed by atoms with van der Waals surface area (Å²) in [6.07, 6.45) is 0.343. The maximum Gasteiger partial charge on any atom is 0.194 e. The van der Waals surface area contributed by atoms with E-state index in [-0.39, 0.29) is 5.56 Å². The normalized spacial score (nSPS) is 12.5. The standard InChI is InChI=1S/C14H11BrF3N/c15-9-3-1-8(2-4-9)7-12(19)10-5-6-11(16)14(18)13(10)17/h1-6,12H,7,19H2. The van der Waals surface area contributed by atoms with Crippen molar-refractivity contribution < 1.29 is 13.2 Å². The van der Waals surface area contributed by atoms with Crippen molar-refractivity contribution in [1.82, 2.24) is 0 Å². The van der Waals surface area contributed by atoms with Crippen molar-refractivity contribution in [1.29, 1.82) is 0 Å². The third-order valence-electron chi connectivity index (χ3n) is 2.83. The average molecular weight is 330 g/mol. The summed E-state index contributed by atoms with van der Waals surface area (Å²) in [6.45, 7) is 0. The van der Waals surface area contributed by atoms with Crippen molar-refractivity contribution in [3.63, 3.8) is 0 Å². The maximum absolute atomic E-state index is 13.6. The topological polar surface area (TPSA) is 26.0 Å². The molecule has 0 aliphatic heterocycles. The van der Waals surface area contributed by atoms with Crippen LogP contribution in [0.15, 0.2) is 40.9 Å². The Hall–Kier alpha value is -1.33. The Morgan fingerprint density at radius 1 is 0.947 bits per heavy atom. The van der Waals surface area contributed by atoms with Crippen LogP contribution in [0.3, 0.4) is 0 Å². The molecule has 0 heterocycles. The first-order chi connectivity index (χ1) is 8.99. The lowest BCUT2D eigenvalue weighted by molar-refractivity contribution is 0.435. The van der Waals surface area contributed by atoms with Crippen molar-refractivity contribution in [3.8, 4) is 0 Å².